The molecule has 5 heteroatoms. The molecule has 0 saturated heterocycles. The maximum atomic E-state index is 8.98. The second-order valence-electron chi connectivity index (χ2n) is 4.72. The van der Waals surface area contributed by atoms with Gasteiger partial charge in [-0.2, -0.15) is 5.26 Å². The molecule has 0 amide bonds. The zero-order valence-electron chi connectivity index (χ0n) is 11.4. The lowest BCUT2D eigenvalue weighted by atomic mass is 10.2. The van der Waals surface area contributed by atoms with Crippen LogP contribution in [0.3, 0.4) is 0 Å². The van der Waals surface area contributed by atoms with E-state index >= 15 is 0 Å². The number of pyridine rings is 1. The van der Waals surface area contributed by atoms with Crippen molar-refractivity contribution in [1.29, 1.82) is 5.26 Å². The molecule has 0 spiro atoms. The molecule has 0 aliphatic carbocycles. The number of hydrogen-bond donors (Lipinski definition) is 0. The third-order valence-corrected chi connectivity index (χ3v) is 3.50. The average Bonchev–Trinajstić information content (AvgIpc) is 2.89. The lowest BCUT2D eigenvalue weighted by Gasteiger charge is -2.16. The smallest absolute Gasteiger partial charge is 0.161 e. The molecule has 0 bridgehead atoms. The van der Waals surface area contributed by atoms with Crippen molar-refractivity contribution in [3.05, 3.63) is 58.9 Å². The minimum Gasteiger partial charge on any atom is -0.459 e. The van der Waals surface area contributed by atoms with Gasteiger partial charge in [0.15, 0.2) is 5.69 Å². The number of hydrogen-bond acceptors (Lipinski definition) is 4. The van der Waals surface area contributed by atoms with Gasteiger partial charge in [-0.15, -0.1) is 0 Å². The molecule has 0 N–H and O–H groups in total. The summed E-state index contributed by atoms with van der Waals surface area (Å²) in [6, 6.07) is 15.3. The monoisotopic (exact) mass is 297 g/mol. The zero-order chi connectivity index (χ0) is 14.8. The van der Waals surface area contributed by atoms with Gasteiger partial charge in [0.1, 0.15) is 23.2 Å². The largest absolute Gasteiger partial charge is 0.459 e. The number of furan rings is 1. The van der Waals surface area contributed by atoms with Crippen LogP contribution in [0.2, 0.25) is 5.02 Å². The van der Waals surface area contributed by atoms with E-state index in [2.05, 4.69) is 4.98 Å². The highest BCUT2D eigenvalue weighted by molar-refractivity contribution is 6.31. The number of rotatable bonds is 3. The van der Waals surface area contributed by atoms with E-state index in [9.17, 15) is 0 Å². The fourth-order valence-corrected chi connectivity index (χ4v) is 2.30. The Morgan fingerprint density at radius 3 is 2.86 bits per heavy atom. The lowest BCUT2D eigenvalue weighted by Crippen LogP contribution is -2.17. The summed E-state index contributed by atoms with van der Waals surface area (Å²) in [5.74, 6) is 1.52. The summed E-state index contributed by atoms with van der Waals surface area (Å²) < 4.78 is 5.78. The molecule has 3 aromatic rings. The van der Waals surface area contributed by atoms with E-state index in [1.165, 1.54) is 0 Å². The second-order valence-corrected chi connectivity index (χ2v) is 5.13. The highest BCUT2D eigenvalue weighted by Gasteiger charge is 2.10. The minimum atomic E-state index is 0.227. The number of aromatic nitrogens is 1. The zero-order valence-corrected chi connectivity index (χ0v) is 12.1. The third kappa shape index (κ3) is 2.69. The predicted octanol–water partition coefficient (Wildman–Crippen LogP) is 3.99. The third-order valence-electron chi connectivity index (χ3n) is 3.20. The number of nitriles is 1. The van der Waals surface area contributed by atoms with Crippen LogP contribution in [0.25, 0.3) is 11.0 Å². The average molecular weight is 298 g/mol. The van der Waals surface area contributed by atoms with Crippen LogP contribution in [-0.2, 0) is 6.54 Å². The normalized spacial score (nSPS) is 10.5. The van der Waals surface area contributed by atoms with Gasteiger partial charge in [0.05, 0.1) is 11.6 Å². The highest BCUT2D eigenvalue weighted by Crippen LogP contribution is 2.22. The molecular formula is C16H12ClN3O. The molecule has 0 atom stereocenters. The summed E-state index contributed by atoms with van der Waals surface area (Å²) in [6.07, 6.45) is 0. The lowest BCUT2D eigenvalue weighted by molar-refractivity contribution is 0.545. The topological polar surface area (TPSA) is 53.1 Å². The Bertz CT molecular complexity index is 802. The van der Waals surface area contributed by atoms with Crippen LogP contribution in [0.1, 0.15) is 11.5 Å². The van der Waals surface area contributed by atoms with Crippen molar-refractivity contribution >= 4 is 28.4 Å². The SMILES string of the molecule is CN(Cc1cc2ccccc2o1)c1ccc(Cl)c(C#N)n1. The molecule has 0 aliphatic heterocycles. The fourth-order valence-electron chi connectivity index (χ4n) is 2.15. The molecule has 21 heavy (non-hydrogen) atoms. The number of para-hydroxylation sites is 1. The van der Waals surface area contributed by atoms with Gasteiger partial charge in [-0.3, -0.25) is 0 Å². The maximum absolute atomic E-state index is 8.98. The first kappa shape index (κ1) is 13.5. The van der Waals surface area contributed by atoms with Gasteiger partial charge in [-0.25, -0.2) is 4.98 Å². The summed E-state index contributed by atoms with van der Waals surface area (Å²) in [5, 5.41) is 10.4. The summed E-state index contributed by atoms with van der Waals surface area (Å²) in [7, 11) is 1.89. The quantitative estimate of drug-likeness (QED) is 0.733. The number of nitrogens with zero attached hydrogens (tertiary/aromatic N) is 3. The predicted molar refractivity (Wildman–Crippen MR) is 82.3 cm³/mol. The van der Waals surface area contributed by atoms with Gasteiger partial charge >= 0.3 is 0 Å². The van der Waals surface area contributed by atoms with Crippen molar-refractivity contribution in [2.75, 3.05) is 11.9 Å². The Hall–Kier alpha value is -2.51. The Morgan fingerprint density at radius 1 is 1.29 bits per heavy atom. The maximum Gasteiger partial charge on any atom is 0.161 e. The van der Waals surface area contributed by atoms with E-state index in [1.54, 1.807) is 12.1 Å². The summed E-state index contributed by atoms with van der Waals surface area (Å²) >= 11 is 5.89. The first-order valence-corrected chi connectivity index (χ1v) is 6.80. The number of fused-ring (bicyclic) bond motifs is 1. The van der Waals surface area contributed by atoms with Gasteiger partial charge in [-0.1, -0.05) is 29.8 Å². The first-order chi connectivity index (χ1) is 10.2. The van der Waals surface area contributed by atoms with E-state index in [0.717, 1.165) is 16.7 Å². The summed E-state index contributed by atoms with van der Waals surface area (Å²) in [5.41, 5.74) is 1.09. The molecule has 2 aromatic heterocycles. The highest BCUT2D eigenvalue weighted by atomic mass is 35.5. The van der Waals surface area contributed by atoms with Crippen LogP contribution in [-0.4, -0.2) is 12.0 Å². The molecule has 1 aromatic carbocycles. The van der Waals surface area contributed by atoms with E-state index in [1.807, 2.05) is 48.3 Å². The standard InChI is InChI=1S/C16H12ClN3O/c1-20(16-7-6-13(17)14(9-18)19-16)10-12-8-11-4-2-3-5-15(11)21-12/h2-8H,10H2,1H3. The molecule has 0 fully saturated rings. The van der Waals surface area contributed by atoms with Crippen LogP contribution in [0.15, 0.2) is 46.9 Å². The van der Waals surface area contributed by atoms with Gasteiger partial charge in [0, 0.05) is 12.4 Å². The second kappa shape index (κ2) is 5.47. The van der Waals surface area contributed by atoms with Crippen LogP contribution >= 0.6 is 11.6 Å². The molecule has 0 saturated carbocycles. The van der Waals surface area contributed by atoms with Gasteiger partial charge in [0.2, 0.25) is 0 Å². The number of anilines is 1. The number of halogens is 1. The number of benzene rings is 1. The van der Waals surface area contributed by atoms with Crippen molar-refractivity contribution in [3.8, 4) is 6.07 Å². The van der Waals surface area contributed by atoms with Gasteiger partial charge < -0.3 is 9.32 Å². The van der Waals surface area contributed by atoms with Crippen molar-refractivity contribution in [1.82, 2.24) is 4.98 Å². The van der Waals surface area contributed by atoms with Crippen LogP contribution < -0.4 is 4.90 Å². The molecule has 104 valence electrons. The molecule has 0 unspecified atom stereocenters. The Kier molecular flexibility index (Phi) is 3.51. The Morgan fingerprint density at radius 2 is 2.10 bits per heavy atom. The van der Waals surface area contributed by atoms with Crippen molar-refractivity contribution in [2.24, 2.45) is 0 Å². The Labute approximate surface area is 127 Å². The van der Waals surface area contributed by atoms with Crippen molar-refractivity contribution < 1.29 is 4.42 Å². The van der Waals surface area contributed by atoms with Crippen LogP contribution in [0.4, 0.5) is 5.82 Å². The van der Waals surface area contributed by atoms with Crippen LogP contribution in [0, 0.1) is 11.3 Å². The molecule has 4 nitrogen and oxygen atoms in total. The molecule has 0 radical (unpaired) electrons. The fraction of sp³-hybridized carbons (Fsp3) is 0.125. The molecule has 3 rings (SSSR count). The minimum absolute atomic E-state index is 0.227. The summed E-state index contributed by atoms with van der Waals surface area (Å²) in [4.78, 5) is 6.14. The van der Waals surface area contributed by atoms with Gasteiger partial charge in [-0.05, 0) is 24.3 Å². The molecule has 0 aliphatic rings. The first-order valence-electron chi connectivity index (χ1n) is 6.42. The van der Waals surface area contributed by atoms with E-state index < -0.39 is 0 Å². The molecule has 2 heterocycles. The Balaban J connectivity index is 1.85. The van der Waals surface area contributed by atoms with E-state index in [0.29, 0.717) is 17.4 Å². The van der Waals surface area contributed by atoms with E-state index in [-0.39, 0.29) is 5.69 Å². The molecular weight excluding hydrogens is 286 g/mol. The van der Waals surface area contributed by atoms with Crippen LogP contribution in [0.5, 0.6) is 0 Å². The summed E-state index contributed by atoms with van der Waals surface area (Å²) in [6.45, 7) is 0.564. The van der Waals surface area contributed by atoms with Crippen molar-refractivity contribution in [3.63, 3.8) is 0 Å². The van der Waals surface area contributed by atoms with Gasteiger partial charge in [0.25, 0.3) is 0 Å². The van der Waals surface area contributed by atoms with Crippen molar-refractivity contribution in [2.45, 2.75) is 6.54 Å². The van der Waals surface area contributed by atoms with E-state index in [4.69, 9.17) is 21.3 Å².